The van der Waals surface area contributed by atoms with Crippen molar-refractivity contribution in [2.75, 3.05) is 13.2 Å². The van der Waals surface area contributed by atoms with E-state index in [-0.39, 0.29) is 5.91 Å². The Labute approximate surface area is 170 Å². The number of carbonyl (C=O) groups excluding carboxylic acids is 1. The van der Waals surface area contributed by atoms with E-state index in [0.717, 1.165) is 5.56 Å². The summed E-state index contributed by atoms with van der Waals surface area (Å²) < 4.78 is 5.70. The van der Waals surface area contributed by atoms with Crippen molar-refractivity contribution in [1.82, 2.24) is 25.3 Å². The first-order valence-corrected chi connectivity index (χ1v) is 9.38. The largest absolute Gasteiger partial charge is 0.494 e. The van der Waals surface area contributed by atoms with Crippen molar-refractivity contribution in [2.45, 2.75) is 6.42 Å². The van der Waals surface area contributed by atoms with Crippen LogP contribution in [0.2, 0.25) is 0 Å². The molecule has 30 heavy (non-hydrogen) atoms. The molecule has 0 saturated carbocycles. The monoisotopic (exact) mass is 405 g/mol. The third-order valence-corrected chi connectivity index (χ3v) is 4.46. The van der Waals surface area contributed by atoms with Crippen LogP contribution in [-0.2, 0) is 0 Å². The quantitative estimate of drug-likeness (QED) is 0.348. The van der Waals surface area contributed by atoms with E-state index in [4.69, 9.17) is 4.74 Å². The van der Waals surface area contributed by atoms with Gasteiger partial charge in [0.2, 0.25) is 0 Å². The number of nitrogens with zero attached hydrogens (tertiary/aromatic N) is 1. The van der Waals surface area contributed by atoms with Gasteiger partial charge in [0.25, 0.3) is 11.5 Å². The molecule has 0 bridgehead atoms. The Morgan fingerprint density at radius 1 is 1.03 bits per heavy atom. The van der Waals surface area contributed by atoms with Crippen LogP contribution in [0.5, 0.6) is 5.75 Å². The highest BCUT2D eigenvalue weighted by Gasteiger charge is 2.08. The Hall–Kier alpha value is -4.14. The standard InChI is InChI=1S/C21H19N5O4/c27-19(15-4-1-2-9-22-15)23-10-3-11-30-14-7-5-13(6-8-14)16-12-17-18(24-16)20(28)26-21(29)25-17/h1-2,4-9,12,24H,3,10-11H2,(H,23,27)(H2,25,26,28,29). The van der Waals surface area contributed by atoms with Crippen LogP contribution in [-0.4, -0.2) is 39.0 Å². The molecule has 0 atom stereocenters. The topological polar surface area (TPSA) is 133 Å². The van der Waals surface area contributed by atoms with Gasteiger partial charge in [-0.2, -0.15) is 0 Å². The van der Waals surface area contributed by atoms with Crippen LogP contribution in [0.4, 0.5) is 0 Å². The number of benzene rings is 1. The zero-order valence-corrected chi connectivity index (χ0v) is 15.9. The maximum absolute atomic E-state index is 11.9. The number of rotatable bonds is 7. The molecule has 0 spiro atoms. The fraction of sp³-hybridized carbons (Fsp3) is 0.143. The van der Waals surface area contributed by atoms with Crippen LogP contribution in [0.3, 0.4) is 0 Å². The minimum atomic E-state index is -0.544. The summed E-state index contributed by atoms with van der Waals surface area (Å²) in [6.07, 6.45) is 2.23. The van der Waals surface area contributed by atoms with Gasteiger partial charge in [-0.15, -0.1) is 0 Å². The second-order valence-electron chi connectivity index (χ2n) is 6.58. The molecule has 4 rings (SSSR count). The number of aromatic amines is 3. The number of aromatic nitrogens is 4. The average molecular weight is 405 g/mol. The molecule has 1 amide bonds. The second kappa shape index (κ2) is 8.48. The molecular formula is C21H19N5O4. The van der Waals surface area contributed by atoms with Crippen molar-refractivity contribution >= 4 is 16.9 Å². The van der Waals surface area contributed by atoms with Crippen molar-refractivity contribution in [2.24, 2.45) is 0 Å². The summed E-state index contributed by atoms with van der Waals surface area (Å²) in [5.74, 6) is 0.482. The minimum Gasteiger partial charge on any atom is -0.494 e. The van der Waals surface area contributed by atoms with E-state index >= 15 is 0 Å². The SMILES string of the molecule is O=C(NCCCOc1ccc(-c2cc3[nH]c(=O)[nH]c(=O)c3[nH]2)cc1)c1ccccn1. The number of amides is 1. The third kappa shape index (κ3) is 4.30. The molecular weight excluding hydrogens is 386 g/mol. The number of H-pyrrole nitrogens is 3. The molecule has 1 aromatic carbocycles. The first kappa shape index (κ1) is 19.2. The van der Waals surface area contributed by atoms with Gasteiger partial charge in [-0.05, 0) is 54.4 Å². The van der Waals surface area contributed by atoms with E-state index in [9.17, 15) is 14.4 Å². The predicted octanol–water partition coefficient (Wildman–Crippen LogP) is 1.81. The second-order valence-corrected chi connectivity index (χ2v) is 6.58. The molecule has 4 N–H and O–H groups in total. The fourth-order valence-electron chi connectivity index (χ4n) is 2.99. The van der Waals surface area contributed by atoms with Crippen molar-refractivity contribution in [3.05, 3.63) is 81.3 Å². The van der Waals surface area contributed by atoms with Gasteiger partial charge in [-0.25, -0.2) is 4.79 Å². The predicted molar refractivity (Wildman–Crippen MR) is 112 cm³/mol. The van der Waals surface area contributed by atoms with Gasteiger partial charge in [0.15, 0.2) is 0 Å². The van der Waals surface area contributed by atoms with Gasteiger partial charge in [0.1, 0.15) is 17.0 Å². The van der Waals surface area contributed by atoms with Crippen LogP contribution in [0, 0.1) is 0 Å². The van der Waals surface area contributed by atoms with Gasteiger partial charge >= 0.3 is 5.69 Å². The summed E-state index contributed by atoms with van der Waals surface area (Å²) in [7, 11) is 0. The molecule has 9 heteroatoms. The molecule has 3 aromatic heterocycles. The lowest BCUT2D eigenvalue weighted by atomic mass is 10.1. The Morgan fingerprint density at radius 2 is 1.87 bits per heavy atom. The number of ether oxygens (including phenoxy) is 1. The Bertz CT molecular complexity index is 1270. The summed E-state index contributed by atoms with van der Waals surface area (Å²) in [4.78, 5) is 46.9. The molecule has 4 aromatic rings. The molecule has 0 aliphatic heterocycles. The summed E-state index contributed by atoms with van der Waals surface area (Å²) in [6.45, 7) is 0.931. The van der Waals surface area contributed by atoms with Gasteiger partial charge in [0, 0.05) is 18.4 Å². The molecule has 0 aliphatic rings. The van der Waals surface area contributed by atoms with E-state index in [1.807, 2.05) is 24.3 Å². The first-order valence-electron chi connectivity index (χ1n) is 9.38. The minimum absolute atomic E-state index is 0.210. The number of fused-ring (bicyclic) bond motifs is 1. The highest BCUT2D eigenvalue weighted by molar-refractivity contribution is 5.92. The number of pyridine rings is 1. The van der Waals surface area contributed by atoms with Crippen LogP contribution in [0.15, 0.2) is 64.3 Å². The van der Waals surface area contributed by atoms with Crippen LogP contribution >= 0.6 is 0 Å². The lowest BCUT2D eigenvalue weighted by Gasteiger charge is -2.08. The van der Waals surface area contributed by atoms with Gasteiger partial charge in [0.05, 0.1) is 12.1 Å². The molecule has 0 unspecified atom stereocenters. The highest BCUT2D eigenvalue weighted by atomic mass is 16.5. The zero-order chi connectivity index (χ0) is 20.9. The maximum Gasteiger partial charge on any atom is 0.326 e. The molecule has 0 saturated heterocycles. The molecule has 0 aliphatic carbocycles. The Balaban J connectivity index is 1.30. The molecule has 152 valence electrons. The van der Waals surface area contributed by atoms with E-state index < -0.39 is 11.2 Å². The summed E-state index contributed by atoms with van der Waals surface area (Å²) in [5.41, 5.74) is 1.71. The number of nitrogens with one attached hydrogen (secondary N) is 4. The summed E-state index contributed by atoms with van der Waals surface area (Å²) >= 11 is 0. The number of carbonyl (C=O) groups is 1. The normalized spacial score (nSPS) is 10.8. The summed E-state index contributed by atoms with van der Waals surface area (Å²) in [6, 6.07) is 14.3. The molecule has 3 heterocycles. The fourth-order valence-corrected chi connectivity index (χ4v) is 2.99. The van der Waals surface area contributed by atoms with Crippen LogP contribution in [0.25, 0.3) is 22.3 Å². The van der Waals surface area contributed by atoms with Gasteiger partial charge in [-0.3, -0.25) is 19.6 Å². The lowest BCUT2D eigenvalue weighted by Crippen LogP contribution is -2.26. The first-order chi connectivity index (χ1) is 14.6. The van der Waals surface area contributed by atoms with E-state index in [0.29, 0.717) is 47.7 Å². The van der Waals surface area contributed by atoms with Gasteiger partial charge < -0.3 is 20.0 Å². The lowest BCUT2D eigenvalue weighted by molar-refractivity contribution is 0.0946. The zero-order valence-electron chi connectivity index (χ0n) is 15.9. The molecule has 0 radical (unpaired) electrons. The maximum atomic E-state index is 11.9. The smallest absolute Gasteiger partial charge is 0.326 e. The number of hydrogen-bond donors (Lipinski definition) is 4. The Kier molecular flexibility index (Phi) is 5.42. The highest BCUT2D eigenvalue weighted by Crippen LogP contribution is 2.23. The van der Waals surface area contributed by atoms with E-state index in [2.05, 4.69) is 25.3 Å². The van der Waals surface area contributed by atoms with Crippen molar-refractivity contribution in [3.8, 4) is 17.0 Å². The Morgan fingerprint density at radius 3 is 2.63 bits per heavy atom. The van der Waals surface area contributed by atoms with Crippen molar-refractivity contribution in [3.63, 3.8) is 0 Å². The summed E-state index contributed by atoms with van der Waals surface area (Å²) in [5, 5.41) is 2.80. The molecule has 0 fully saturated rings. The van der Waals surface area contributed by atoms with Crippen molar-refractivity contribution < 1.29 is 9.53 Å². The van der Waals surface area contributed by atoms with Crippen LogP contribution < -0.4 is 21.3 Å². The van der Waals surface area contributed by atoms with Crippen LogP contribution in [0.1, 0.15) is 16.9 Å². The van der Waals surface area contributed by atoms with E-state index in [1.165, 1.54) is 0 Å². The number of hydrogen-bond acceptors (Lipinski definition) is 5. The van der Waals surface area contributed by atoms with Crippen molar-refractivity contribution in [1.29, 1.82) is 0 Å². The van der Waals surface area contributed by atoms with E-state index in [1.54, 1.807) is 30.5 Å². The van der Waals surface area contributed by atoms with Gasteiger partial charge in [-0.1, -0.05) is 6.07 Å². The average Bonchev–Trinajstić information content (AvgIpc) is 3.19. The third-order valence-electron chi connectivity index (χ3n) is 4.46. The molecule has 9 nitrogen and oxygen atoms in total.